The molecule has 0 aromatic heterocycles. The molecule has 3 rings (SSSR count). The molecule has 2 saturated heterocycles. The third kappa shape index (κ3) is 3.53. The van der Waals surface area contributed by atoms with E-state index in [2.05, 4.69) is 41.4 Å². The highest BCUT2D eigenvalue weighted by molar-refractivity contribution is 5.47. The minimum Gasteiger partial charge on any atom is -0.380 e. The van der Waals surface area contributed by atoms with Gasteiger partial charge >= 0.3 is 0 Å². The van der Waals surface area contributed by atoms with Crippen molar-refractivity contribution in [1.82, 2.24) is 4.90 Å². The van der Waals surface area contributed by atoms with E-state index in [-0.39, 0.29) is 0 Å². The summed E-state index contributed by atoms with van der Waals surface area (Å²) in [5, 5.41) is 3.62. The number of hydrogen-bond donors (Lipinski definition) is 1. The molecule has 20 heavy (non-hydrogen) atoms. The van der Waals surface area contributed by atoms with Crippen LogP contribution in [0.1, 0.15) is 31.7 Å². The number of rotatable bonds is 5. The molecular formula is C17H26N2O. The van der Waals surface area contributed by atoms with Crippen LogP contribution in [0.4, 0.5) is 5.69 Å². The van der Waals surface area contributed by atoms with Crippen molar-refractivity contribution in [3.63, 3.8) is 0 Å². The van der Waals surface area contributed by atoms with Crippen molar-refractivity contribution in [3.05, 3.63) is 29.8 Å². The quantitative estimate of drug-likeness (QED) is 0.893. The second-order valence-corrected chi connectivity index (χ2v) is 6.11. The third-order valence-electron chi connectivity index (χ3n) is 4.57. The van der Waals surface area contributed by atoms with Crippen LogP contribution in [-0.2, 0) is 11.2 Å². The molecule has 2 aliphatic heterocycles. The lowest BCUT2D eigenvalue weighted by Gasteiger charge is -2.18. The molecule has 1 aromatic carbocycles. The van der Waals surface area contributed by atoms with Gasteiger partial charge in [0.25, 0.3) is 0 Å². The molecule has 0 bridgehead atoms. The Balaban J connectivity index is 1.54. The second-order valence-electron chi connectivity index (χ2n) is 6.11. The molecule has 2 atom stereocenters. The molecule has 3 nitrogen and oxygen atoms in total. The van der Waals surface area contributed by atoms with Crippen molar-refractivity contribution in [2.45, 2.75) is 44.8 Å². The van der Waals surface area contributed by atoms with E-state index >= 15 is 0 Å². The van der Waals surface area contributed by atoms with Crippen LogP contribution in [0.3, 0.4) is 0 Å². The van der Waals surface area contributed by atoms with Gasteiger partial charge in [0.1, 0.15) is 0 Å². The van der Waals surface area contributed by atoms with E-state index < -0.39 is 0 Å². The first kappa shape index (κ1) is 13.9. The van der Waals surface area contributed by atoms with Gasteiger partial charge < -0.3 is 15.0 Å². The van der Waals surface area contributed by atoms with Gasteiger partial charge in [-0.1, -0.05) is 12.1 Å². The summed E-state index contributed by atoms with van der Waals surface area (Å²) in [7, 11) is 0. The van der Waals surface area contributed by atoms with Gasteiger partial charge in [0.15, 0.2) is 0 Å². The van der Waals surface area contributed by atoms with E-state index in [1.807, 2.05) is 0 Å². The lowest BCUT2D eigenvalue weighted by Crippen LogP contribution is -2.26. The zero-order chi connectivity index (χ0) is 13.8. The summed E-state index contributed by atoms with van der Waals surface area (Å²) >= 11 is 0. The second kappa shape index (κ2) is 6.59. The van der Waals surface area contributed by atoms with Crippen LogP contribution < -0.4 is 5.32 Å². The highest BCUT2D eigenvalue weighted by Gasteiger charge is 2.23. The van der Waals surface area contributed by atoms with Crippen LogP contribution in [0.15, 0.2) is 24.3 Å². The topological polar surface area (TPSA) is 24.5 Å². The average molecular weight is 274 g/mol. The zero-order valence-corrected chi connectivity index (χ0v) is 12.5. The maximum atomic E-state index is 5.61. The van der Waals surface area contributed by atoms with Gasteiger partial charge in [-0.25, -0.2) is 0 Å². The summed E-state index contributed by atoms with van der Waals surface area (Å²) in [4.78, 5) is 2.58. The maximum absolute atomic E-state index is 5.61. The van der Waals surface area contributed by atoms with Crippen LogP contribution in [0.2, 0.25) is 0 Å². The predicted octanol–water partition coefficient (Wildman–Crippen LogP) is 2.91. The molecule has 1 aromatic rings. The van der Waals surface area contributed by atoms with E-state index in [0.29, 0.717) is 12.1 Å². The van der Waals surface area contributed by atoms with Crippen molar-refractivity contribution in [1.29, 1.82) is 0 Å². The fourth-order valence-electron chi connectivity index (χ4n) is 3.25. The normalized spacial score (nSPS) is 27.1. The Bertz CT molecular complexity index is 429. The fourth-order valence-corrected chi connectivity index (χ4v) is 3.25. The molecule has 0 aliphatic carbocycles. The molecule has 2 heterocycles. The van der Waals surface area contributed by atoms with Gasteiger partial charge in [-0.15, -0.1) is 0 Å². The molecule has 0 saturated carbocycles. The number of ether oxygens (including phenoxy) is 1. The molecule has 3 heteroatoms. The standard InChI is InChI=1S/C17H26N2O/c1-14-17(8-12-20-14)18-16-6-4-5-15(13-16)7-11-19-9-2-3-10-19/h4-6,13-14,17-18H,2-3,7-12H2,1H3/t14-,17-/m0/s1. The lowest BCUT2D eigenvalue weighted by atomic mass is 10.1. The van der Waals surface area contributed by atoms with E-state index in [4.69, 9.17) is 4.74 Å². The van der Waals surface area contributed by atoms with E-state index in [0.717, 1.165) is 19.4 Å². The number of nitrogens with one attached hydrogen (secondary N) is 1. The molecule has 0 unspecified atom stereocenters. The molecule has 2 aliphatic rings. The summed E-state index contributed by atoms with van der Waals surface area (Å²) in [6.45, 7) is 6.81. The Morgan fingerprint density at radius 1 is 1.30 bits per heavy atom. The Kier molecular flexibility index (Phi) is 4.58. The Morgan fingerprint density at radius 2 is 2.15 bits per heavy atom. The maximum Gasteiger partial charge on any atom is 0.0748 e. The molecule has 0 spiro atoms. The number of nitrogens with zero attached hydrogens (tertiary/aromatic N) is 1. The minimum atomic E-state index is 0.322. The largest absolute Gasteiger partial charge is 0.380 e. The summed E-state index contributed by atoms with van der Waals surface area (Å²) in [6, 6.07) is 9.35. The Hall–Kier alpha value is -1.06. The lowest BCUT2D eigenvalue weighted by molar-refractivity contribution is 0.121. The van der Waals surface area contributed by atoms with E-state index in [1.165, 1.54) is 43.7 Å². The van der Waals surface area contributed by atoms with Gasteiger partial charge in [-0.3, -0.25) is 0 Å². The smallest absolute Gasteiger partial charge is 0.0748 e. The Labute approximate surface area is 122 Å². The van der Waals surface area contributed by atoms with Crippen molar-refractivity contribution >= 4 is 5.69 Å². The first-order valence-electron chi connectivity index (χ1n) is 8.01. The number of anilines is 1. The van der Waals surface area contributed by atoms with Crippen molar-refractivity contribution < 1.29 is 4.74 Å². The van der Waals surface area contributed by atoms with Crippen molar-refractivity contribution in [2.75, 3.05) is 31.6 Å². The van der Waals surface area contributed by atoms with Crippen LogP contribution in [0.25, 0.3) is 0 Å². The first-order chi connectivity index (χ1) is 9.81. The number of benzene rings is 1. The summed E-state index contributed by atoms with van der Waals surface area (Å²) in [5.74, 6) is 0. The highest BCUT2D eigenvalue weighted by Crippen LogP contribution is 2.20. The van der Waals surface area contributed by atoms with Gasteiger partial charge in [0.2, 0.25) is 0 Å². The molecule has 1 N–H and O–H groups in total. The molecule has 0 radical (unpaired) electrons. The first-order valence-corrected chi connectivity index (χ1v) is 8.01. The fraction of sp³-hybridized carbons (Fsp3) is 0.647. The third-order valence-corrected chi connectivity index (χ3v) is 4.57. The molecular weight excluding hydrogens is 248 g/mol. The molecule has 110 valence electrons. The van der Waals surface area contributed by atoms with E-state index in [1.54, 1.807) is 0 Å². The van der Waals surface area contributed by atoms with Gasteiger partial charge in [0, 0.05) is 18.8 Å². The van der Waals surface area contributed by atoms with Crippen LogP contribution in [0, 0.1) is 0 Å². The van der Waals surface area contributed by atoms with E-state index in [9.17, 15) is 0 Å². The number of hydrogen-bond acceptors (Lipinski definition) is 3. The summed E-state index contributed by atoms with van der Waals surface area (Å²) < 4.78 is 5.61. The van der Waals surface area contributed by atoms with Crippen LogP contribution >= 0.6 is 0 Å². The Morgan fingerprint density at radius 3 is 2.90 bits per heavy atom. The zero-order valence-electron chi connectivity index (χ0n) is 12.5. The van der Waals surface area contributed by atoms with Crippen LogP contribution in [0.5, 0.6) is 0 Å². The van der Waals surface area contributed by atoms with Gasteiger partial charge in [-0.2, -0.15) is 0 Å². The average Bonchev–Trinajstić information content (AvgIpc) is 3.10. The number of likely N-dealkylation sites (tertiary alicyclic amines) is 1. The monoisotopic (exact) mass is 274 g/mol. The van der Waals surface area contributed by atoms with Crippen molar-refractivity contribution in [2.24, 2.45) is 0 Å². The predicted molar refractivity (Wildman–Crippen MR) is 83.3 cm³/mol. The highest BCUT2D eigenvalue weighted by atomic mass is 16.5. The van der Waals surface area contributed by atoms with Gasteiger partial charge in [-0.05, 0) is 63.4 Å². The SMILES string of the molecule is C[C@@H]1OCC[C@@H]1Nc1cccc(CCN2CCCC2)c1. The summed E-state index contributed by atoms with van der Waals surface area (Å²) in [6.07, 6.45) is 5.34. The van der Waals surface area contributed by atoms with Crippen LogP contribution in [-0.4, -0.2) is 43.3 Å². The summed E-state index contributed by atoms with van der Waals surface area (Å²) in [5.41, 5.74) is 2.68. The minimum absolute atomic E-state index is 0.322. The molecule has 0 amide bonds. The van der Waals surface area contributed by atoms with Gasteiger partial charge in [0.05, 0.1) is 12.1 Å². The molecule has 2 fully saturated rings. The van der Waals surface area contributed by atoms with Crippen molar-refractivity contribution in [3.8, 4) is 0 Å².